The maximum absolute atomic E-state index is 10.8. The van der Waals surface area contributed by atoms with Crippen LogP contribution in [0.4, 0.5) is 5.69 Å². The third-order valence-electron chi connectivity index (χ3n) is 3.56. The second kappa shape index (κ2) is 6.17. The molecule has 1 aliphatic heterocycles. The summed E-state index contributed by atoms with van der Waals surface area (Å²) < 4.78 is 1.77. The number of hydrogen-bond donors (Lipinski definition) is 0. The fourth-order valence-corrected chi connectivity index (χ4v) is 3.92. The van der Waals surface area contributed by atoms with E-state index in [2.05, 4.69) is 21.4 Å². The second-order valence-electron chi connectivity index (χ2n) is 5.11. The Bertz CT molecular complexity index is 916. The van der Waals surface area contributed by atoms with E-state index >= 15 is 0 Å². The van der Waals surface area contributed by atoms with Crippen LogP contribution in [-0.4, -0.2) is 31.3 Å². The average molecular weight is 357 g/mol. The number of non-ortho nitro benzene ring substituents is 1. The average Bonchev–Trinajstić information content (AvgIpc) is 3.25. The van der Waals surface area contributed by atoms with Crippen molar-refractivity contribution in [3.05, 3.63) is 68.2 Å². The molecule has 0 saturated carbocycles. The maximum Gasteiger partial charge on any atom is 0.269 e. The summed E-state index contributed by atoms with van der Waals surface area (Å²) in [5.41, 5.74) is 1.80. The lowest BCUT2D eigenvalue weighted by Crippen LogP contribution is -2.14. The van der Waals surface area contributed by atoms with E-state index in [0.717, 1.165) is 22.3 Å². The van der Waals surface area contributed by atoms with Crippen molar-refractivity contribution in [2.24, 2.45) is 5.10 Å². The number of nitro groups is 1. The van der Waals surface area contributed by atoms with Crippen LogP contribution in [0, 0.1) is 10.1 Å². The summed E-state index contributed by atoms with van der Waals surface area (Å²) in [4.78, 5) is 11.6. The van der Waals surface area contributed by atoms with E-state index in [1.54, 1.807) is 39.9 Å². The summed E-state index contributed by atoms with van der Waals surface area (Å²) in [6.07, 6.45) is 0.683. The molecule has 120 valence electrons. The van der Waals surface area contributed by atoms with Crippen LogP contribution in [-0.2, 0) is 6.42 Å². The number of aromatic nitrogens is 3. The zero-order chi connectivity index (χ0) is 16.5. The topological polar surface area (TPSA) is 86.2 Å². The monoisotopic (exact) mass is 357 g/mol. The normalized spacial score (nSPS) is 13.4. The first-order valence-corrected chi connectivity index (χ1v) is 8.99. The summed E-state index contributed by atoms with van der Waals surface area (Å²) in [6, 6.07) is 10.5. The van der Waals surface area contributed by atoms with Crippen molar-refractivity contribution >= 4 is 34.5 Å². The van der Waals surface area contributed by atoms with Gasteiger partial charge in [0, 0.05) is 29.2 Å². The van der Waals surface area contributed by atoms with Gasteiger partial charge in [-0.2, -0.15) is 9.78 Å². The predicted molar refractivity (Wildman–Crippen MR) is 92.9 cm³/mol. The van der Waals surface area contributed by atoms with Crippen molar-refractivity contribution < 1.29 is 4.92 Å². The van der Waals surface area contributed by atoms with Crippen LogP contribution >= 0.6 is 23.1 Å². The number of rotatable bonds is 4. The van der Waals surface area contributed by atoms with Crippen molar-refractivity contribution in [3.63, 3.8) is 0 Å². The Hall–Kier alpha value is -2.52. The molecule has 0 spiro atoms. The van der Waals surface area contributed by atoms with Gasteiger partial charge in [-0.1, -0.05) is 17.8 Å². The first-order valence-electron chi connectivity index (χ1n) is 7.13. The molecule has 1 aromatic carbocycles. The van der Waals surface area contributed by atoms with Crippen LogP contribution in [0.5, 0.6) is 0 Å². The summed E-state index contributed by atoms with van der Waals surface area (Å²) in [6.45, 7) is 0. The summed E-state index contributed by atoms with van der Waals surface area (Å²) in [7, 11) is 0. The predicted octanol–water partition coefficient (Wildman–Crippen LogP) is 3.20. The van der Waals surface area contributed by atoms with E-state index in [1.807, 2.05) is 11.4 Å². The molecule has 0 atom stereocenters. The number of fused-ring (bicyclic) bond motifs is 1. The van der Waals surface area contributed by atoms with Gasteiger partial charge in [-0.15, -0.1) is 21.5 Å². The van der Waals surface area contributed by atoms with Crippen molar-refractivity contribution in [1.82, 2.24) is 14.9 Å². The van der Waals surface area contributed by atoms with Gasteiger partial charge in [-0.25, -0.2) is 0 Å². The summed E-state index contributed by atoms with van der Waals surface area (Å²) >= 11 is 3.24. The van der Waals surface area contributed by atoms with Gasteiger partial charge in [-0.05, 0) is 29.1 Å². The molecule has 24 heavy (non-hydrogen) atoms. The minimum atomic E-state index is -0.405. The number of nitro benzene ring substituents is 1. The Kier molecular flexibility index (Phi) is 3.87. The van der Waals surface area contributed by atoms with Gasteiger partial charge in [-0.3, -0.25) is 10.1 Å². The van der Waals surface area contributed by atoms with Gasteiger partial charge in [0.2, 0.25) is 5.16 Å². The first kappa shape index (κ1) is 15.0. The fraction of sp³-hybridized carbons (Fsp3) is 0.133. The first-order chi connectivity index (χ1) is 11.7. The quantitative estimate of drug-likeness (QED) is 0.529. The molecule has 0 unspecified atom stereocenters. The Balaban J connectivity index is 1.66. The van der Waals surface area contributed by atoms with Crippen LogP contribution in [0.1, 0.15) is 16.3 Å². The standard InChI is InChI=1S/C15H11N5O2S2/c21-20(22)11-5-3-10(4-6-11)13-9-24-15-17-16-14(19(15)18-13)8-12-2-1-7-23-12/h1-7H,8-9H2. The molecule has 2 aromatic heterocycles. The molecule has 0 fully saturated rings. The molecule has 1 aliphatic rings. The molecule has 3 heterocycles. The van der Waals surface area contributed by atoms with Gasteiger partial charge >= 0.3 is 0 Å². The molecule has 0 N–H and O–H groups in total. The lowest BCUT2D eigenvalue weighted by atomic mass is 10.1. The lowest BCUT2D eigenvalue weighted by molar-refractivity contribution is -0.384. The number of nitrogens with zero attached hydrogens (tertiary/aromatic N) is 5. The highest BCUT2D eigenvalue weighted by Crippen LogP contribution is 2.26. The summed E-state index contributed by atoms with van der Waals surface area (Å²) in [5, 5.41) is 26.6. The lowest BCUT2D eigenvalue weighted by Gasteiger charge is -2.13. The highest BCUT2D eigenvalue weighted by molar-refractivity contribution is 7.99. The van der Waals surface area contributed by atoms with E-state index in [1.165, 1.54) is 17.0 Å². The van der Waals surface area contributed by atoms with Crippen molar-refractivity contribution in [2.75, 3.05) is 5.75 Å². The van der Waals surface area contributed by atoms with Crippen molar-refractivity contribution in [1.29, 1.82) is 0 Å². The molecular weight excluding hydrogens is 346 g/mol. The second-order valence-corrected chi connectivity index (χ2v) is 7.08. The maximum atomic E-state index is 10.8. The van der Waals surface area contributed by atoms with E-state index in [0.29, 0.717) is 12.2 Å². The van der Waals surface area contributed by atoms with Crippen LogP contribution in [0.3, 0.4) is 0 Å². The van der Waals surface area contributed by atoms with Gasteiger partial charge in [0.15, 0.2) is 5.82 Å². The van der Waals surface area contributed by atoms with E-state index in [9.17, 15) is 10.1 Å². The molecule has 0 saturated heterocycles. The number of benzene rings is 1. The van der Waals surface area contributed by atoms with Crippen molar-refractivity contribution in [2.45, 2.75) is 11.6 Å². The molecule has 9 heteroatoms. The molecule has 0 bridgehead atoms. The molecular formula is C15H11N5O2S2. The zero-order valence-electron chi connectivity index (χ0n) is 12.3. The van der Waals surface area contributed by atoms with Gasteiger partial charge in [0.1, 0.15) is 0 Å². The highest BCUT2D eigenvalue weighted by atomic mass is 32.2. The van der Waals surface area contributed by atoms with Crippen molar-refractivity contribution in [3.8, 4) is 0 Å². The number of thioether (sulfide) groups is 1. The largest absolute Gasteiger partial charge is 0.269 e. The fourth-order valence-electron chi connectivity index (χ4n) is 2.36. The molecule has 3 aromatic rings. The zero-order valence-corrected chi connectivity index (χ0v) is 14.0. The third kappa shape index (κ3) is 2.83. The minimum Gasteiger partial charge on any atom is -0.258 e. The number of hydrogen-bond acceptors (Lipinski definition) is 7. The van der Waals surface area contributed by atoms with Crippen LogP contribution in [0.15, 0.2) is 52.0 Å². The molecule has 0 radical (unpaired) electrons. The Morgan fingerprint density at radius 1 is 1.21 bits per heavy atom. The molecule has 4 rings (SSSR count). The molecule has 0 amide bonds. The highest BCUT2D eigenvalue weighted by Gasteiger charge is 2.20. The smallest absolute Gasteiger partial charge is 0.258 e. The van der Waals surface area contributed by atoms with Crippen LogP contribution < -0.4 is 0 Å². The van der Waals surface area contributed by atoms with E-state index in [-0.39, 0.29) is 5.69 Å². The van der Waals surface area contributed by atoms with Gasteiger partial charge in [0.05, 0.1) is 10.6 Å². The van der Waals surface area contributed by atoms with Gasteiger partial charge < -0.3 is 0 Å². The molecule has 0 aliphatic carbocycles. The minimum absolute atomic E-state index is 0.0752. The number of thiophene rings is 1. The molecule has 7 nitrogen and oxygen atoms in total. The SMILES string of the molecule is O=[N+]([O-])c1ccc(C2=Nn3c(Cc4cccs4)nnc3SC2)cc1. The van der Waals surface area contributed by atoms with E-state index in [4.69, 9.17) is 0 Å². The van der Waals surface area contributed by atoms with Crippen LogP contribution in [0.2, 0.25) is 0 Å². The Morgan fingerprint density at radius 3 is 2.75 bits per heavy atom. The Labute approximate surface area is 145 Å². The Morgan fingerprint density at radius 2 is 2.04 bits per heavy atom. The van der Waals surface area contributed by atoms with E-state index < -0.39 is 4.92 Å². The summed E-state index contributed by atoms with van der Waals surface area (Å²) in [5.74, 6) is 1.45. The van der Waals surface area contributed by atoms with Gasteiger partial charge in [0.25, 0.3) is 5.69 Å². The third-order valence-corrected chi connectivity index (χ3v) is 5.37. The van der Waals surface area contributed by atoms with Crippen LogP contribution in [0.25, 0.3) is 0 Å².